The zero-order chi connectivity index (χ0) is 18.0. The Morgan fingerprint density at radius 2 is 2.16 bits per heavy atom. The smallest absolute Gasteiger partial charge is 0.230 e. The van der Waals surface area contributed by atoms with Crippen LogP contribution < -0.4 is 4.74 Å². The molecule has 0 fully saturated rings. The van der Waals surface area contributed by atoms with Gasteiger partial charge in [0.1, 0.15) is 11.4 Å². The van der Waals surface area contributed by atoms with Crippen molar-refractivity contribution < 1.29 is 9.53 Å². The molecule has 7 nitrogen and oxygen atoms in total. The highest BCUT2D eigenvalue weighted by Gasteiger charge is 2.39. The molecule has 7 heteroatoms. The second-order valence-electron chi connectivity index (χ2n) is 7.60. The van der Waals surface area contributed by atoms with Gasteiger partial charge in [-0.15, -0.1) is 10.2 Å². The van der Waals surface area contributed by atoms with Crippen LogP contribution in [0.3, 0.4) is 0 Å². The Morgan fingerprint density at radius 3 is 2.84 bits per heavy atom. The number of carbonyl (C=O) groups excluding carboxylic acids is 1. The lowest BCUT2D eigenvalue weighted by Crippen LogP contribution is -2.43. The molecule has 0 saturated heterocycles. The molecule has 1 amide bonds. The van der Waals surface area contributed by atoms with Gasteiger partial charge < -0.3 is 9.64 Å². The summed E-state index contributed by atoms with van der Waals surface area (Å²) in [5.74, 6) is 1.52. The molecule has 134 valence electrons. The molecule has 1 aliphatic rings. The van der Waals surface area contributed by atoms with Gasteiger partial charge in [0.25, 0.3) is 0 Å². The maximum Gasteiger partial charge on any atom is 0.230 e. The van der Waals surface area contributed by atoms with Crippen LogP contribution in [0.1, 0.15) is 51.4 Å². The van der Waals surface area contributed by atoms with Gasteiger partial charge in [-0.05, 0) is 25.8 Å². The number of nitrogens with zero attached hydrogens (tertiary/aromatic N) is 4. The van der Waals surface area contributed by atoms with E-state index >= 15 is 0 Å². The third-order valence-corrected chi connectivity index (χ3v) is 4.29. The van der Waals surface area contributed by atoms with Crippen LogP contribution in [0.25, 0.3) is 0 Å². The number of hydrogen-bond acceptors (Lipinski definition) is 5. The monoisotopic (exact) mass is 343 g/mol. The lowest BCUT2D eigenvalue weighted by atomic mass is 9.83. The van der Waals surface area contributed by atoms with Crippen molar-refractivity contribution >= 4 is 5.91 Å². The molecule has 2 heterocycles. The quantitative estimate of drug-likeness (QED) is 0.902. The van der Waals surface area contributed by atoms with Crippen LogP contribution in [0, 0.1) is 5.92 Å². The normalized spacial score (nSPS) is 18.5. The van der Waals surface area contributed by atoms with E-state index in [4.69, 9.17) is 4.74 Å². The summed E-state index contributed by atoms with van der Waals surface area (Å²) in [5, 5.41) is 14.0. The second-order valence-corrected chi connectivity index (χ2v) is 7.60. The fourth-order valence-electron chi connectivity index (χ4n) is 3.34. The van der Waals surface area contributed by atoms with Crippen LogP contribution in [0.5, 0.6) is 5.75 Å². The molecule has 2 aromatic rings. The van der Waals surface area contributed by atoms with Gasteiger partial charge in [0.2, 0.25) is 5.91 Å². The van der Waals surface area contributed by atoms with E-state index < -0.39 is 0 Å². The fraction of sp³-hybridized carbons (Fsp3) is 0.556. The van der Waals surface area contributed by atoms with Crippen molar-refractivity contribution in [2.24, 2.45) is 5.92 Å². The van der Waals surface area contributed by atoms with E-state index in [-0.39, 0.29) is 17.4 Å². The number of fused-ring (bicyclic) bond motifs is 1. The molecule has 1 unspecified atom stereocenters. The van der Waals surface area contributed by atoms with Gasteiger partial charge in [0.05, 0.1) is 12.5 Å². The summed E-state index contributed by atoms with van der Waals surface area (Å²) in [5.41, 5.74) is 0.568. The molecule has 25 heavy (non-hydrogen) atoms. The highest BCUT2D eigenvalue weighted by molar-refractivity contribution is 5.85. The third kappa shape index (κ3) is 3.97. The Kier molecular flexibility index (Phi) is 4.74. The van der Waals surface area contributed by atoms with Gasteiger partial charge in [-0.3, -0.25) is 4.79 Å². The average molecular weight is 343 g/mol. The molecule has 0 bridgehead atoms. The highest BCUT2D eigenvalue weighted by atomic mass is 16.5. The summed E-state index contributed by atoms with van der Waals surface area (Å²) in [6, 6.07) is 7.80. The number of aromatic nitrogens is 4. The van der Waals surface area contributed by atoms with Crippen molar-refractivity contribution in [1.29, 1.82) is 0 Å². The first-order chi connectivity index (χ1) is 11.9. The SMILES string of the molecule is CC(C)CN(Cc1nn[nH]n1)C(=O)C1CC(C)(C)Oc2ccccc21. The van der Waals surface area contributed by atoms with Gasteiger partial charge in [-0.25, -0.2) is 0 Å². The molecule has 3 rings (SSSR count). The van der Waals surface area contributed by atoms with E-state index in [9.17, 15) is 4.79 Å². The summed E-state index contributed by atoms with van der Waals surface area (Å²) in [7, 11) is 0. The van der Waals surface area contributed by atoms with Crippen molar-refractivity contribution in [1.82, 2.24) is 25.5 Å². The Hall–Kier alpha value is -2.44. The number of ether oxygens (including phenoxy) is 1. The number of nitrogens with one attached hydrogen (secondary N) is 1. The molecular formula is C18H25N5O2. The number of aromatic amines is 1. The first kappa shape index (κ1) is 17.4. The topological polar surface area (TPSA) is 84.0 Å². The van der Waals surface area contributed by atoms with E-state index in [1.54, 1.807) is 0 Å². The van der Waals surface area contributed by atoms with Crippen LogP contribution in [0.4, 0.5) is 0 Å². The summed E-state index contributed by atoms with van der Waals surface area (Å²) >= 11 is 0. The largest absolute Gasteiger partial charge is 0.488 e. The van der Waals surface area contributed by atoms with Gasteiger partial charge in [0, 0.05) is 18.5 Å². The summed E-state index contributed by atoms with van der Waals surface area (Å²) in [4.78, 5) is 15.2. The van der Waals surface area contributed by atoms with Crippen LogP contribution in [0.2, 0.25) is 0 Å². The fourth-order valence-corrected chi connectivity index (χ4v) is 3.34. The molecular weight excluding hydrogens is 318 g/mol. The van der Waals surface area contributed by atoms with Crippen molar-refractivity contribution in [3.63, 3.8) is 0 Å². The summed E-state index contributed by atoms with van der Waals surface area (Å²) in [6.07, 6.45) is 0.643. The lowest BCUT2D eigenvalue weighted by Gasteiger charge is -2.39. The lowest BCUT2D eigenvalue weighted by molar-refractivity contribution is -0.136. The number of benzene rings is 1. The summed E-state index contributed by atoms with van der Waals surface area (Å²) < 4.78 is 6.06. The minimum atomic E-state index is -0.385. The number of H-pyrrole nitrogens is 1. The maximum atomic E-state index is 13.4. The minimum Gasteiger partial charge on any atom is -0.488 e. The Labute approximate surface area is 147 Å². The van der Waals surface area contributed by atoms with E-state index in [0.29, 0.717) is 31.3 Å². The van der Waals surface area contributed by atoms with Crippen molar-refractivity contribution in [2.75, 3.05) is 6.54 Å². The van der Waals surface area contributed by atoms with Gasteiger partial charge >= 0.3 is 0 Å². The molecule has 0 saturated carbocycles. The Bertz CT molecular complexity index is 727. The molecule has 0 spiro atoms. The molecule has 0 aliphatic carbocycles. The predicted octanol–water partition coefficient (Wildman–Crippen LogP) is 2.53. The van der Waals surface area contributed by atoms with Crippen LogP contribution >= 0.6 is 0 Å². The summed E-state index contributed by atoms with van der Waals surface area (Å²) in [6.45, 7) is 9.24. The number of tetrazole rings is 1. The molecule has 1 atom stereocenters. The molecule has 1 aromatic carbocycles. The van der Waals surface area contributed by atoms with E-state index in [0.717, 1.165) is 11.3 Å². The molecule has 1 aromatic heterocycles. The van der Waals surface area contributed by atoms with E-state index in [1.807, 2.05) is 43.0 Å². The number of para-hydroxylation sites is 1. The first-order valence-electron chi connectivity index (χ1n) is 8.65. The molecule has 1 aliphatic heterocycles. The van der Waals surface area contributed by atoms with Gasteiger partial charge in [-0.1, -0.05) is 37.3 Å². The predicted molar refractivity (Wildman–Crippen MR) is 92.9 cm³/mol. The second kappa shape index (κ2) is 6.82. The molecule has 0 radical (unpaired) electrons. The maximum absolute atomic E-state index is 13.4. The van der Waals surface area contributed by atoms with Crippen LogP contribution in [-0.2, 0) is 11.3 Å². The van der Waals surface area contributed by atoms with E-state index in [2.05, 4.69) is 34.5 Å². The van der Waals surface area contributed by atoms with Crippen molar-refractivity contribution in [2.45, 2.75) is 52.2 Å². The number of amides is 1. The van der Waals surface area contributed by atoms with Gasteiger partial charge in [-0.2, -0.15) is 5.21 Å². The number of hydrogen-bond donors (Lipinski definition) is 1. The van der Waals surface area contributed by atoms with Gasteiger partial charge in [0.15, 0.2) is 5.82 Å². The minimum absolute atomic E-state index is 0.0855. The standard InChI is InChI=1S/C18H25N5O2/c1-12(2)10-23(11-16-19-21-22-20-16)17(24)14-9-18(3,4)25-15-8-6-5-7-13(14)15/h5-8,12,14H,9-11H2,1-4H3,(H,19,20,21,22). The Morgan fingerprint density at radius 1 is 1.40 bits per heavy atom. The number of rotatable bonds is 5. The van der Waals surface area contributed by atoms with Crippen LogP contribution in [0.15, 0.2) is 24.3 Å². The highest BCUT2D eigenvalue weighted by Crippen LogP contribution is 2.41. The third-order valence-electron chi connectivity index (χ3n) is 4.29. The van der Waals surface area contributed by atoms with Crippen molar-refractivity contribution in [3.05, 3.63) is 35.7 Å². The van der Waals surface area contributed by atoms with E-state index in [1.165, 1.54) is 0 Å². The van der Waals surface area contributed by atoms with Crippen LogP contribution in [-0.4, -0.2) is 43.6 Å². The zero-order valence-electron chi connectivity index (χ0n) is 15.2. The number of carbonyl (C=O) groups is 1. The Balaban J connectivity index is 1.90. The average Bonchev–Trinajstić information content (AvgIpc) is 3.04. The molecule has 1 N–H and O–H groups in total. The van der Waals surface area contributed by atoms with Crippen molar-refractivity contribution in [3.8, 4) is 5.75 Å². The first-order valence-corrected chi connectivity index (χ1v) is 8.65. The zero-order valence-corrected chi connectivity index (χ0v) is 15.2.